The molecular weight excluding hydrogens is 404 g/mol. The van der Waals surface area contributed by atoms with Crippen LogP contribution in [0.1, 0.15) is 29.3 Å². The molecule has 160 valence electrons. The number of nitrogens with one attached hydrogen (secondary N) is 2. The molecule has 0 aromatic heterocycles. The minimum absolute atomic E-state index is 0.0767. The third-order valence-electron chi connectivity index (χ3n) is 4.01. The number of hydrogen-bond acceptors (Lipinski definition) is 3. The van der Waals surface area contributed by atoms with Gasteiger partial charge in [0.2, 0.25) is 0 Å². The molecule has 9 heteroatoms. The van der Waals surface area contributed by atoms with Gasteiger partial charge in [0.1, 0.15) is 11.9 Å². The Kier molecular flexibility index (Phi) is 7.71. The van der Waals surface area contributed by atoms with Gasteiger partial charge in [-0.3, -0.25) is 9.59 Å². The first kappa shape index (κ1) is 23.1. The van der Waals surface area contributed by atoms with Crippen LogP contribution in [0.4, 0.5) is 28.9 Å². The number of benzene rings is 2. The Morgan fingerprint density at radius 3 is 2.40 bits per heavy atom. The maximum atomic E-state index is 13.5. The van der Waals surface area contributed by atoms with E-state index in [1.54, 1.807) is 6.08 Å². The van der Waals surface area contributed by atoms with E-state index in [9.17, 15) is 27.2 Å². The first-order chi connectivity index (χ1) is 14.1. The van der Waals surface area contributed by atoms with Crippen molar-refractivity contribution in [2.45, 2.75) is 25.6 Å². The number of halogens is 4. The summed E-state index contributed by atoms with van der Waals surface area (Å²) in [6.45, 7) is 5.13. The van der Waals surface area contributed by atoms with Crippen LogP contribution in [-0.2, 0) is 15.7 Å². The Hall–Kier alpha value is -3.20. The number of anilines is 2. The average Bonchev–Trinajstić information content (AvgIpc) is 2.68. The van der Waals surface area contributed by atoms with Gasteiger partial charge in [-0.25, -0.2) is 4.39 Å². The second kappa shape index (κ2) is 10.0. The molecule has 0 heterocycles. The van der Waals surface area contributed by atoms with Crippen LogP contribution in [0.5, 0.6) is 0 Å². The van der Waals surface area contributed by atoms with Crippen molar-refractivity contribution in [1.29, 1.82) is 0 Å². The molecule has 5 nitrogen and oxygen atoms in total. The van der Waals surface area contributed by atoms with Crippen molar-refractivity contribution < 1.29 is 31.9 Å². The zero-order valence-corrected chi connectivity index (χ0v) is 16.1. The number of alkyl halides is 3. The molecule has 2 N–H and O–H groups in total. The zero-order valence-electron chi connectivity index (χ0n) is 16.1. The zero-order chi connectivity index (χ0) is 22.3. The van der Waals surface area contributed by atoms with Gasteiger partial charge in [0.15, 0.2) is 0 Å². The van der Waals surface area contributed by atoms with Crippen LogP contribution in [-0.4, -0.2) is 24.5 Å². The van der Waals surface area contributed by atoms with Gasteiger partial charge < -0.3 is 15.4 Å². The molecular formula is C21H20F4N2O3. The van der Waals surface area contributed by atoms with Crippen LogP contribution >= 0.6 is 0 Å². The third kappa shape index (κ3) is 6.41. The predicted octanol–water partition coefficient (Wildman–Crippen LogP) is 5.02. The smallest absolute Gasteiger partial charge is 0.368 e. The fourth-order valence-corrected chi connectivity index (χ4v) is 2.41. The quantitative estimate of drug-likeness (QED) is 0.355. The third-order valence-corrected chi connectivity index (χ3v) is 4.01. The average molecular weight is 424 g/mol. The SMILES string of the molecule is C=CCCOC(C)C(=O)Nc1ccc(NC(=O)c2ccc(F)cc2)cc1C(F)(F)F. The summed E-state index contributed by atoms with van der Waals surface area (Å²) in [7, 11) is 0. The molecule has 1 unspecified atom stereocenters. The molecule has 0 saturated carbocycles. The van der Waals surface area contributed by atoms with Gasteiger partial charge in [0.25, 0.3) is 11.8 Å². The van der Waals surface area contributed by atoms with Gasteiger partial charge in [0.05, 0.1) is 17.9 Å². The van der Waals surface area contributed by atoms with E-state index >= 15 is 0 Å². The highest BCUT2D eigenvalue weighted by Crippen LogP contribution is 2.36. The van der Waals surface area contributed by atoms with Crippen LogP contribution in [0.3, 0.4) is 0 Å². The van der Waals surface area contributed by atoms with E-state index in [0.717, 1.165) is 18.2 Å². The number of amides is 2. The first-order valence-electron chi connectivity index (χ1n) is 8.93. The maximum absolute atomic E-state index is 13.5. The van der Waals surface area contributed by atoms with Crippen molar-refractivity contribution >= 4 is 23.2 Å². The van der Waals surface area contributed by atoms with Crippen LogP contribution in [0.15, 0.2) is 55.1 Å². The van der Waals surface area contributed by atoms with Crippen molar-refractivity contribution in [1.82, 2.24) is 0 Å². The fourth-order valence-electron chi connectivity index (χ4n) is 2.41. The lowest BCUT2D eigenvalue weighted by atomic mass is 10.1. The highest BCUT2D eigenvalue weighted by atomic mass is 19.4. The molecule has 0 aliphatic heterocycles. The van der Waals surface area contributed by atoms with E-state index in [1.807, 2.05) is 0 Å². The van der Waals surface area contributed by atoms with Gasteiger partial charge in [-0.15, -0.1) is 6.58 Å². The fraction of sp³-hybridized carbons (Fsp3) is 0.238. The number of carbonyl (C=O) groups is 2. The second-order valence-electron chi connectivity index (χ2n) is 6.30. The minimum atomic E-state index is -4.79. The van der Waals surface area contributed by atoms with Crippen LogP contribution < -0.4 is 10.6 Å². The Balaban J connectivity index is 2.18. The summed E-state index contributed by atoms with van der Waals surface area (Å²) < 4.78 is 58.6. The summed E-state index contributed by atoms with van der Waals surface area (Å²) in [6.07, 6.45) is -3.67. The lowest BCUT2D eigenvalue weighted by Gasteiger charge is -2.18. The summed E-state index contributed by atoms with van der Waals surface area (Å²) in [5.41, 5.74) is -1.66. The monoisotopic (exact) mass is 424 g/mol. The van der Waals surface area contributed by atoms with E-state index < -0.39 is 41.2 Å². The Labute approximate surface area is 170 Å². The largest absolute Gasteiger partial charge is 0.418 e. The Morgan fingerprint density at radius 1 is 1.13 bits per heavy atom. The molecule has 0 aliphatic rings. The molecule has 0 bridgehead atoms. The van der Waals surface area contributed by atoms with Crippen LogP contribution in [0, 0.1) is 5.82 Å². The predicted molar refractivity (Wildman–Crippen MR) is 105 cm³/mol. The van der Waals surface area contributed by atoms with Crippen molar-refractivity contribution in [3.63, 3.8) is 0 Å². The summed E-state index contributed by atoms with van der Waals surface area (Å²) in [4.78, 5) is 24.3. The second-order valence-corrected chi connectivity index (χ2v) is 6.30. The van der Waals surface area contributed by atoms with Crippen molar-refractivity contribution in [2.75, 3.05) is 17.2 Å². The molecule has 2 rings (SSSR count). The highest BCUT2D eigenvalue weighted by Gasteiger charge is 2.34. The topological polar surface area (TPSA) is 67.4 Å². The normalized spacial score (nSPS) is 12.2. The molecule has 30 heavy (non-hydrogen) atoms. The van der Waals surface area contributed by atoms with E-state index in [2.05, 4.69) is 17.2 Å². The van der Waals surface area contributed by atoms with Gasteiger partial charge in [-0.2, -0.15) is 13.2 Å². The van der Waals surface area contributed by atoms with E-state index in [4.69, 9.17) is 4.74 Å². The van der Waals surface area contributed by atoms with Gasteiger partial charge in [-0.05, 0) is 55.8 Å². The highest BCUT2D eigenvalue weighted by molar-refractivity contribution is 6.04. The van der Waals surface area contributed by atoms with Crippen molar-refractivity contribution in [2.24, 2.45) is 0 Å². The summed E-state index contributed by atoms with van der Waals surface area (Å²) in [5, 5.41) is 4.52. The van der Waals surface area contributed by atoms with Crippen LogP contribution in [0.2, 0.25) is 0 Å². The molecule has 0 fully saturated rings. The molecule has 1 atom stereocenters. The number of hydrogen-bond donors (Lipinski definition) is 2. The Bertz CT molecular complexity index is 911. The van der Waals surface area contributed by atoms with Crippen molar-refractivity contribution in [3.05, 3.63) is 72.1 Å². The molecule has 0 spiro atoms. The van der Waals surface area contributed by atoms with E-state index in [1.165, 1.54) is 25.1 Å². The van der Waals surface area contributed by atoms with E-state index in [0.29, 0.717) is 12.5 Å². The van der Waals surface area contributed by atoms with Gasteiger partial charge in [-0.1, -0.05) is 6.08 Å². The lowest BCUT2D eigenvalue weighted by Crippen LogP contribution is -2.29. The van der Waals surface area contributed by atoms with Gasteiger partial charge >= 0.3 is 6.18 Å². The maximum Gasteiger partial charge on any atom is 0.418 e. The van der Waals surface area contributed by atoms with Crippen LogP contribution in [0.25, 0.3) is 0 Å². The van der Waals surface area contributed by atoms with Crippen molar-refractivity contribution in [3.8, 4) is 0 Å². The number of carbonyl (C=O) groups excluding carboxylic acids is 2. The first-order valence-corrected chi connectivity index (χ1v) is 8.93. The van der Waals surface area contributed by atoms with Gasteiger partial charge in [0, 0.05) is 11.3 Å². The molecule has 2 aromatic rings. The molecule has 0 radical (unpaired) electrons. The molecule has 2 amide bonds. The number of ether oxygens (including phenoxy) is 1. The Morgan fingerprint density at radius 2 is 1.80 bits per heavy atom. The molecule has 0 saturated heterocycles. The lowest BCUT2D eigenvalue weighted by molar-refractivity contribution is -0.137. The summed E-state index contributed by atoms with van der Waals surface area (Å²) in [6, 6.07) is 7.50. The minimum Gasteiger partial charge on any atom is -0.368 e. The van der Waals surface area contributed by atoms with E-state index in [-0.39, 0.29) is 17.9 Å². The summed E-state index contributed by atoms with van der Waals surface area (Å²) in [5.74, 6) is -1.99. The molecule has 0 aliphatic carbocycles. The standard InChI is InChI=1S/C21H20F4N2O3/c1-3-4-11-30-13(2)19(28)27-18-10-9-16(12-17(18)21(23,24)25)26-20(29)14-5-7-15(22)8-6-14/h3,5-10,12-13H,1,4,11H2,2H3,(H,26,29)(H,27,28). The molecule has 2 aromatic carbocycles. The summed E-state index contributed by atoms with van der Waals surface area (Å²) >= 11 is 0. The number of rotatable bonds is 8.